The zero-order valence-corrected chi connectivity index (χ0v) is 22.3. The fourth-order valence-electron chi connectivity index (χ4n) is 6.05. The zero-order chi connectivity index (χ0) is 27.6. The highest BCUT2D eigenvalue weighted by molar-refractivity contribution is 6.31. The summed E-state index contributed by atoms with van der Waals surface area (Å²) >= 11 is 6.31. The molecule has 0 fully saturated rings. The molecule has 0 saturated carbocycles. The number of benzene rings is 2. The average Bonchev–Trinajstić information content (AvgIpc) is 3.68. The SMILES string of the molecule is CC1=C(c2ccc3c(c2)NC(=O)CC3)CC(C2(O)CCc3cc(-c4cc(Cl)ccc4-n4cnnn4)c[n+]([O-])c32)=N1. The van der Waals surface area contributed by atoms with Crippen LogP contribution in [0.2, 0.25) is 5.02 Å². The molecule has 1 unspecified atom stereocenters. The molecule has 11 heteroatoms. The van der Waals surface area contributed by atoms with E-state index in [0.717, 1.165) is 44.8 Å². The number of carbonyl (C=O) groups excluding carboxylic acids is 1. The molecule has 2 aromatic heterocycles. The molecule has 4 heterocycles. The number of fused-ring (bicyclic) bond motifs is 2. The van der Waals surface area contributed by atoms with Crippen LogP contribution in [0.15, 0.2) is 65.7 Å². The zero-order valence-electron chi connectivity index (χ0n) is 21.6. The summed E-state index contributed by atoms with van der Waals surface area (Å²) in [6.07, 6.45) is 5.41. The van der Waals surface area contributed by atoms with Crippen molar-refractivity contribution in [2.24, 2.45) is 4.99 Å². The standard InChI is InChI=1S/C29H24ClN7O3/c1-16-22(18-3-2-17-4-7-27(38)33-24(17)11-18)13-26(32-16)29(39)9-8-19-10-20(14-37(40)28(19)29)23-12-21(30)5-6-25(23)36-15-31-34-35-36/h2-3,5-6,10-12,14-15,39H,4,7-9,13H2,1H3,(H,33,38). The molecule has 7 rings (SSSR count). The molecule has 2 aromatic carbocycles. The van der Waals surface area contributed by atoms with E-state index >= 15 is 0 Å². The summed E-state index contributed by atoms with van der Waals surface area (Å²) in [5.74, 6) is 0.0119. The lowest BCUT2D eigenvalue weighted by Crippen LogP contribution is -2.45. The van der Waals surface area contributed by atoms with Crippen molar-refractivity contribution < 1.29 is 14.6 Å². The lowest BCUT2D eigenvalue weighted by Gasteiger charge is -2.23. The summed E-state index contributed by atoms with van der Waals surface area (Å²) in [4.78, 5) is 16.7. The number of hydrogen-bond donors (Lipinski definition) is 2. The van der Waals surface area contributed by atoms with Crippen molar-refractivity contribution in [3.63, 3.8) is 0 Å². The molecule has 0 bridgehead atoms. The average molecular weight is 554 g/mol. The monoisotopic (exact) mass is 553 g/mol. The van der Waals surface area contributed by atoms with E-state index in [-0.39, 0.29) is 5.91 Å². The Morgan fingerprint density at radius 1 is 1.10 bits per heavy atom. The third-order valence-electron chi connectivity index (χ3n) is 8.04. The number of tetrazole rings is 1. The van der Waals surface area contributed by atoms with Gasteiger partial charge in [0.15, 0.2) is 11.8 Å². The second-order valence-electron chi connectivity index (χ2n) is 10.4. The van der Waals surface area contributed by atoms with Crippen LogP contribution in [0.3, 0.4) is 0 Å². The van der Waals surface area contributed by atoms with Gasteiger partial charge >= 0.3 is 0 Å². The predicted molar refractivity (Wildman–Crippen MR) is 149 cm³/mol. The smallest absolute Gasteiger partial charge is 0.233 e. The van der Waals surface area contributed by atoms with Crippen LogP contribution >= 0.6 is 11.6 Å². The van der Waals surface area contributed by atoms with Crippen molar-refractivity contribution in [2.75, 3.05) is 5.32 Å². The van der Waals surface area contributed by atoms with Gasteiger partial charge in [0.05, 0.1) is 11.4 Å². The van der Waals surface area contributed by atoms with Gasteiger partial charge in [-0.15, -0.1) is 5.10 Å². The topological polar surface area (TPSA) is 132 Å². The summed E-state index contributed by atoms with van der Waals surface area (Å²) in [6.45, 7) is 1.91. The van der Waals surface area contributed by atoms with E-state index in [1.54, 1.807) is 18.2 Å². The van der Waals surface area contributed by atoms with Crippen molar-refractivity contribution in [3.05, 3.63) is 93.3 Å². The van der Waals surface area contributed by atoms with Crippen LogP contribution in [0.4, 0.5) is 5.69 Å². The van der Waals surface area contributed by atoms with Crippen LogP contribution in [-0.2, 0) is 23.2 Å². The first kappa shape index (κ1) is 24.6. The fourth-order valence-corrected chi connectivity index (χ4v) is 6.22. The second kappa shape index (κ2) is 9.07. The highest BCUT2D eigenvalue weighted by atomic mass is 35.5. The van der Waals surface area contributed by atoms with Crippen molar-refractivity contribution in [3.8, 4) is 16.8 Å². The number of halogens is 1. The summed E-state index contributed by atoms with van der Waals surface area (Å²) in [5.41, 5.74) is 6.75. The van der Waals surface area contributed by atoms with Crippen molar-refractivity contribution in [1.82, 2.24) is 20.2 Å². The van der Waals surface area contributed by atoms with Crippen molar-refractivity contribution in [1.29, 1.82) is 0 Å². The number of nitrogens with one attached hydrogen (secondary N) is 1. The van der Waals surface area contributed by atoms with Gasteiger partial charge in [0.1, 0.15) is 6.33 Å². The number of aliphatic imine (C=N–C) groups is 1. The maximum atomic E-state index is 13.6. The predicted octanol–water partition coefficient (Wildman–Crippen LogP) is 3.91. The lowest BCUT2D eigenvalue weighted by molar-refractivity contribution is -0.619. The first-order chi connectivity index (χ1) is 19.3. The van der Waals surface area contributed by atoms with Gasteiger partial charge in [0, 0.05) is 45.9 Å². The molecule has 0 spiro atoms. The number of rotatable bonds is 4. The Morgan fingerprint density at radius 3 is 2.80 bits per heavy atom. The fraction of sp³-hybridized carbons (Fsp3) is 0.241. The van der Waals surface area contributed by atoms with Gasteiger partial charge in [-0.3, -0.25) is 9.79 Å². The summed E-state index contributed by atoms with van der Waals surface area (Å²) in [7, 11) is 0. The highest BCUT2D eigenvalue weighted by Crippen LogP contribution is 2.44. The van der Waals surface area contributed by atoms with Crippen LogP contribution in [-0.4, -0.2) is 36.9 Å². The molecule has 0 radical (unpaired) electrons. The molecule has 1 amide bonds. The summed E-state index contributed by atoms with van der Waals surface area (Å²) in [6, 6.07) is 13.3. The largest absolute Gasteiger partial charge is 0.618 e. The second-order valence-corrected chi connectivity index (χ2v) is 10.9. The number of aryl methyl sites for hydroxylation is 2. The molecular weight excluding hydrogens is 530 g/mol. The summed E-state index contributed by atoms with van der Waals surface area (Å²) < 4.78 is 2.27. The Balaban J connectivity index is 1.22. The number of pyridine rings is 1. The van der Waals surface area contributed by atoms with Gasteiger partial charge in [-0.05, 0) is 83.6 Å². The number of aliphatic hydroxyl groups is 1. The van der Waals surface area contributed by atoms with Crippen molar-refractivity contribution >= 4 is 34.5 Å². The van der Waals surface area contributed by atoms with E-state index in [0.29, 0.717) is 58.9 Å². The number of anilines is 1. The van der Waals surface area contributed by atoms with E-state index in [1.807, 2.05) is 31.2 Å². The number of hydrogen-bond acceptors (Lipinski definition) is 7. The molecule has 0 saturated heterocycles. The maximum Gasteiger partial charge on any atom is 0.233 e. The van der Waals surface area contributed by atoms with Crippen LogP contribution in [0.1, 0.15) is 48.6 Å². The number of allylic oxidation sites excluding steroid dienone is 2. The minimum atomic E-state index is -1.49. The van der Waals surface area contributed by atoms with Gasteiger partial charge < -0.3 is 15.6 Å². The molecule has 2 aliphatic heterocycles. The highest BCUT2D eigenvalue weighted by Gasteiger charge is 2.49. The molecule has 1 aliphatic carbocycles. The molecule has 40 heavy (non-hydrogen) atoms. The van der Waals surface area contributed by atoms with E-state index in [1.165, 1.54) is 17.2 Å². The lowest BCUT2D eigenvalue weighted by atomic mass is 9.88. The number of carbonyl (C=O) groups is 1. The van der Waals surface area contributed by atoms with E-state index in [4.69, 9.17) is 16.6 Å². The number of aromatic nitrogens is 5. The third-order valence-corrected chi connectivity index (χ3v) is 8.27. The van der Waals surface area contributed by atoms with Gasteiger partial charge in [0.25, 0.3) is 0 Å². The Bertz CT molecular complexity index is 1780. The molecular formula is C29H24ClN7O3. The Kier molecular flexibility index (Phi) is 5.58. The van der Waals surface area contributed by atoms with Crippen LogP contribution in [0.5, 0.6) is 0 Å². The minimum Gasteiger partial charge on any atom is -0.618 e. The van der Waals surface area contributed by atoms with E-state index in [9.17, 15) is 15.1 Å². The molecule has 3 aliphatic rings. The Hall–Kier alpha value is -4.41. The Morgan fingerprint density at radius 2 is 1.98 bits per heavy atom. The molecule has 4 aromatic rings. The quantitative estimate of drug-likeness (QED) is 0.291. The van der Waals surface area contributed by atoms with Gasteiger partial charge in [-0.2, -0.15) is 9.41 Å². The van der Waals surface area contributed by atoms with E-state index < -0.39 is 5.60 Å². The number of nitrogens with zero attached hydrogens (tertiary/aromatic N) is 6. The minimum absolute atomic E-state index is 0.0119. The maximum absolute atomic E-state index is 13.6. The summed E-state index contributed by atoms with van der Waals surface area (Å²) in [5, 5.41) is 40.4. The Labute approximate surface area is 234 Å². The van der Waals surface area contributed by atoms with Gasteiger partial charge in [-0.1, -0.05) is 23.7 Å². The van der Waals surface area contributed by atoms with E-state index in [2.05, 4.69) is 20.8 Å². The first-order valence-corrected chi connectivity index (χ1v) is 13.4. The molecule has 200 valence electrons. The third kappa shape index (κ3) is 3.90. The first-order valence-electron chi connectivity index (χ1n) is 13.0. The number of amides is 1. The van der Waals surface area contributed by atoms with Gasteiger partial charge in [0.2, 0.25) is 11.6 Å². The molecule has 10 nitrogen and oxygen atoms in total. The van der Waals surface area contributed by atoms with Crippen LogP contribution in [0.25, 0.3) is 22.4 Å². The normalized spacial score (nSPS) is 19.9. The molecule has 2 N–H and O–H groups in total. The van der Waals surface area contributed by atoms with Gasteiger partial charge in [-0.25, -0.2) is 0 Å². The van der Waals surface area contributed by atoms with Crippen LogP contribution in [0, 0.1) is 5.21 Å². The van der Waals surface area contributed by atoms with Crippen molar-refractivity contribution in [2.45, 2.75) is 44.6 Å². The van der Waals surface area contributed by atoms with Crippen LogP contribution < -0.4 is 10.0 Å². The molecule has 1 atom stereocenters.